The predicted octanol–water partition coefficient (Wildman–Crippen LogP) is 5.38. The van der Waals surface area contributed by atoms with Crippen LogP contribution >= 0.6 is 0 Å². The highest BCUT2D eigenvalue weighted by molar-refractivity contribution is 5.91. The van der Waals surface area contributed by atoms with E-state index in [-0.39, 0.29) is 41.4 Å². The SMILES string of the molecule is C#CC1(C)OC(=O)N(Cc2ccc(-c3nc(C(F)(F)F)cn3C)c(F)c2)c2nc(-c3c(OC)ncnc3C3CC3)ncc21. The summed E-state index contributed by atoms with van der Waals surface area (Å²) in [6.45, 7) is 1.33. The van der Waals surface area contributed by atoms with E-state index in [1.807, 2.05) is 0 Å². The van der Waals surface area contributed by atoms with Crippen LogP contribution in [0.3, 0.4) is 0 Å². The molecule has 1 amide bonds. The largest absolute Gasteiger partial charge is 0.480 e. The van der Waals surface area contributed by atoms with E-state index >= 15 is 4.39 Å². The van der Waals surface area contributed by atoms with Crippen molar-refractivity contribution in [1.82, 2.24) is 29.5 Å². The van der Waals surface area contributed by atoms with Crippen molar-refractivity contribution in [3.63, 3.8) is 0 Å². The summed E-state index contributed by atoms with van der Waals surface area (Å²) in [7, 11) is 2.81. The van der Waals surface area contributed by atoms with Crippen molar-refractivity contribution in [2.75, 3.05) is 12.0 Å². The summed E-state index contributed by atoms with van der Waals surface area (Å²) < 4.78 is 66.9. The Kier molecular flexibility index (Phi) is 6.56. The number of imidazole rings is 1. The zero-order valence-electron chi connectivity index (χ0n) is 23.1. The molecule has 4 heterocycles. The third-order valence-electron chi connectivity index (χ3n) is 7.33. The van der Waals surface area contributed by atoms with Gasteiger partial charge < -0.3 is 14.0 Å². The van der Waals surface area contributed by atoms with Gasteiger partial charge in [-0.15, -0.1) is 6.42 Å². The first-order valence-corrected chi connectivity index (χ1v) is 13.1. The summed E-state index contributed by atoms with van der Waals surface area (Å²) >= 11 is 0. The van der Waals surface area contributed by atoms with Crippen LogP contribution in [0.15, 0.2) is 36.9 Å². The average Bonchev–Trinajstić information content (AvgIpc) is 3.75. The summed E-state index contributed by atoms with van der Waals surface area (Å²) in [4.78, 5) is 35.9. The standard InChI is InChI=1S/C29H23F4N7O3/c1-5-28(2)18-11-34-23(21-22(16-7-8-16)35-14-36-26(21)42-4)38-25(18)40(27(41)43-28)12-15-6-9-17(19(30)10-15)24-37-20(13-39(24)3)29(31,32)33/h1,6,9-11,13-14,16H,7-8,12H2,2-4H3. The van der Waals surface area contributed by atoms with E-state index in [0.717, 1.165) is 35.4 Å². The Morgan fingerprint density at radius 2 is 1.98 bits per heavy atom. The van der Waals surface area contributed by atoms with Crippen LogP contribution in [0.4, 0.5) is 28.2 Å². The highest BCUT2D eigenvalue weighted by Gasteiger charge is 2.43. The van der Waals surface area contributed by atoms with Gasteiger partial charge in [0.1, 0.15) is 23.5 Å². The number of aromatic nitrogens is 6. The number of ether oxygens (including phenoxy) is 2. The zero-order chi connectivity index (χ0) is 30.7. The lowest BCUT2D eigenvalue weighted by molar-refractivity contribution is -0.140. The highest BCUT2D eigenvalue weighted by Crippen LogP contribution is 2.46. The number of halogens is 4. The maximum absolute atomic E-state index is 15.3. The van der Waals surface area contributed by atoms with E-state index in [9.17, 15) is 18.0 Å². The van der Waals surface area contributed by atoms with E-state index in [1.165, 1.54) is 50.6 Å². The summed E-state index contributed by atoms with van der Waals surface area (Å²) in [5.74, 6) is 2.24. The van der Waals surface area contributed by atoms with E-state index < -0.39 is 29.4 Å². The van der Waals surface area contributed by atoms with Gasteiger partial charge in [-0.25, -0.2) is 34.1 Å². The number of hydrogen-bond donors (Lipinski definition) is 0. The molecule has 1 aromatic carbocycles. The number of nitrogens with zero attached hydrogens (tertiary/aromatic N) is 7. The minimum Gasteiger partial charge on any atom is -0.480 e. The molecule has 1 atom stereocenters. The fourth-order valence-electron chi connectivity index (χ4n) is 4.94. The normalized spacial score (nSPS) is 18.2. The third-order valence-corrected chi connectivity index (χ3v) is 7.33. The second kappa shape index (κ2) is 10.0. The molecule has 4 aromatic rings. The number of hydrogen-bond acceptors (Lipinski definition) is 8. The van der Waals surface area contributed by atoms with Crippen molar-refractivity contribution in [2.45, 2.75) is 44.0 Å². The first-order valence-electron chi connectivity index (χ1n) is 13.1. The van der Waals surface area contributed by atoms with Gasteiger partial charge in [0.2, 0.25) is 11.5 Å². The van der Waals surface area contributed by atoms with Crippen molar-refractivity contribution >= 4 is 11.9 Å². The Labute approximate surface area is 242 Å². The monoisotopic (exact) mass is 593 g/mol. The fraction of sp³-hybridized carbons (Fsp3) is 0.310. The smallest absolute Gasteiger partial charge is 0.434 e. The molecule has 43 heavy (non-hydrogen) atoms. The molecule has 1 unspecified atom stereocenters. The van der Waals surface area contributed by atoms with Crippen molar-refractivity contribution < 1.29 is 31.8 Å². The molecule has 14 heteroatoms. The second-order valence-electron chi connectivity index (χ2n) is 10.4. The van der Waals surface area contributed by atoms with Gasteiger partial charge >= 0.3 is 12.3 Å². The molecule has 0 saturated heterocycles. The number of terminal acetylenes is 1. The van der Waals surface area contributed by atoms with Gasteiger partial charge in [-0.05, 0) is 37.5 Å². The van der Waals surface area contributed by atoms with E-state index in [0.29, 0.717) is 16.7 Å². The lowest BCUT2D eigenvalue weighted by Gasteiger charge is -2.36. The summed E-state index contributed by atoms with van der Waals surface area (Å²) in [6.07, 6.45) is 5.74. The number of anilines is 1. The highest BCUT2D eigenvalue weighted by atomic mass is 19.4. The molecule has 1 aliphatic carbocycles. The zero-order valence-corrected chi connectivity index (χ0v) is 23.1. The minimum atomic E-state index is -4.68. The number of alkyl halides is 3. The van der Waals surface area contributed by atoms with Crippen molar-refractivity contribution in [3.05, 3.63) is 65.3 Å². The first kappa shape index (κ1) is 28.1. The minimum absolute atomic E-state index is 0.137. The second-order valence-corrected chi connectivity index (χ2v) is 10.4. The summed E-state index contributed by atoms with van der Waals surface area (Å²) in [6, 6.07) is 3.89. The van der Waals surface area contributed by atoms with Gasteiger partial charge in [0.05, 0.1) is 30.5 Å². The number of carbonyl (C=O) groups is 1. The summed E-state index contributed by atoms with van der Waals surface area (Å²) in [5, 5.41) is 0. The third kappa shape index (κ3) is 4.90. The topological polar surface area (TPSA) is 108 Å². The number of benzene rings is 1. The van der Waals surface area contributed by atoms with Crippen molar-refractivity contribution in [3.8, 4) is 41.0 Å². The Balaban J connectivity index is 1.40. The molecule has 0 N–H and O–H groups in total. The molecular formula is C29H23F4N7O3. The van der Waals surface area contributed by atoms with Gasteiger partial charge in [0.25, 0.3) is 0 Å². The lowest BCUT2D eigenvalue weighted by Crippen LogP contribution is -2.44. The molecule has 0 bridgehead atoms. The van der Waals surface area contributed by atoms with Crippen LogP contribution in [0.25, 0.3) is 22.8 Å². The van der Waals surface area contributed by atoms with E-state index in [4.69, 9.17) is 20.9 Å². The van der Waals surface area contributed by atoms with Crippen LogP contribution in [-0.2, 0) is 30.1 Å². The van der Waals surface area contributed by atoms with Crippen molar-refractivity contribution in [1.29, 1.82) is 0 Å². The van der Waals surface area contributed by atoms with Crippen LogP contribution in [0.2, 0.25) is 0 Å². The molecule has 2 aliphatic rings. The van der Waals surface area contributed by atoms with Crippen LogP contribution in [0.1, 0.15) is 48.2 Å². The van der Waals surface area contributed by atoms with Gasteiger partial charge in [0.15, 0.2) is 17.3 Å². The number of fused-ring (bicyclic) bond motifs is 1. The van der Waals surface area contributed by atoms with Crippen molar-refractivity contribution in [2.24, 2.45) is 7.05 Å². The molecule has 0 spiro atoms. The van der Waals surface area contributed by atoms with Crippen LogP contribution < -0.4 is 9.64 Å². The molecule has 6 rings (SSSR count). The van der Waals surface area contributed by atoms with Crippen LogP contribution in [-0.4, -0.2) is 42.7 Å². The number of rotatable bonds is 6. The number of methoxy groups -OCH3 is 1. The molecule has 220 valence electrons. The Morgan fingerprint density at radius 1 is 1.21 bits per heavy atom. The maximum Gasteiger partial charge on any atom is 0.434 e. The molecule has 1 fully saturated rings. The number of carbonyl (C=O) groups excluding carboxylic acids is 1. The van der Waals surface area contributed by atoms with E-state index in [1.54, 1.807) is 0 Å². The van der Waals surface area contributed by atoms with Gasteiger partial charge in [-0.2, -0.15) is 13.2 Å². The Hall–Kier alpha value is -5.06. The molecule has 0 radical (unpaired) electrons. The first-order chi connectivity index (χ1) is 20.4. The molecule has 1 aliphatic heterocycles. The summed E-state index contributed by atoms with van der Waals surface area (Å²) in [5.41, 5.74) is -0.931. The Bertz CT molecular complexity index is 1810. The van der Waals surface area contributed by atoms with Gasteiger partial charge in [-0.1, -0.05) is 12.0 Å². The molecule has 10 nitrogen and oxygen atoms in total. The number of cyclic esters (lactones) is 1. The molecular weight excluding hydrogens is 570 g/mol. The predicted molar refractivity (Wildman–Crippen MR) is 144 cm³/mol. The van der Waals surface area contributed by atoms with Crippen LogP contribution in [0.5, 0.6) is 5.88 Å². The fourth-order valence-corrected chi connectivity index (χ4v) is 4.94. The molecule has 3 aromatic heterocycles. The maximum atomic E-state index is 15.3. The van der Waals surface area contributed by atoms with E-state index in [2.05, 4.69) is 25.9 Å². The average molecular weight is 594 g/mol. The lowest BCUT2D eigenvalue weighted by atomic mass is 9.96. The molecule has 1 saturated carbocycles. The number of aryl methyl sites for hydroxylation is 1. The van der Waals surface area contributed by atoms with Gasteiger partial charge in [-0.3, -0.25) is 4.90 Å². The van der Waals surface area contributed by atoms with Gasteiger partial charge in [0, 0.05) is 25.4 Å². The number of amides is 1. The van der Waals surface area contributed by atoms with Crippen LogP contribution in [0, 0.1) is 18.2 Å². The quantitative estimate of drug-likeness (QED) is 0.217. The Morgan fingerprint density at radius 3 is 2.60 bits per heavy atom.